The van der Waals surface area contributed by atoms with Gasteiger partial charge in [-0.2, -0.15) is 25.2 Å². The maximum atomic E-state index is 13.4. The summed E-state index contributed by atoms with van der Waals surface area (Å²) in [5, 5.41) is 2.28. The number of nitrogens with one attached hydrogen (secondary N) is 1. The number of primary amides is 1. The molecule has 0 spiro atoms. The van der Waals surface area contributed by atoms with E-state index < -0.39 is 35.4 Å². The number of nitrogen functional groups attached to an aromatic ring is 1. The summed E-state index contributed by atoms with van der Waals surface area (Å²) >= 11 is 0. The molecular weight excluding hydrogens is 647 g/mol. The molecule has 1 heterocycles. The molecule has 0 unspecified atom stereocenters. The molecule has 6 nitrogen and oxygen atoms in total. The fraction of sp³-hybridized carbons (Fsp3) is 0.200. The second-order valence-corrected chi connectivity index (χ2v) is 6.63. The molecule has 169 valence electrons. The van der Waals surface area contributed by atoms with Crippen molar-refractivity contribution in [2.24, 2.45) is 5.73 Å². The molecule has 5 N–H and O–H groups in total. The fourth-order valence-corrected chi connectivity index (χ4v) is 3.31. The Kier molecular flexibility index (Phi) is 5.71. The van der Waals surface area contributed by atoms with Gasteiger partial charge in [0.1, 0.15) is 0 Å². The van der Waals surface area contributed by atoms with Crippen LogP contribution in [0.15, 0.2) is 42.5 Å². The van der Waals surface area contributed by atoms with Gasteiger partial charge in [-0.05, 0) is 18.2 Å². The second-order valence-electron chi connectivity index (χ2n) is 6.63. The first kappa shape index (κ1) is 21.8. The van der Waals surface area contributed by atoms with Gasteiger partial charge in [0.15, 0.2) is 0 Å². The molecule has 0 bridgehead atoms. The molecule has 1 radical (unpaired) electrons. The van der Waals surface area contributed by atoms with Crippen LogP contribution in [-0.4, -0.2) is 11.9 Å². The molecule has 1 aliphatic heterocycles. The van der Waals surface area contributed by atoms with Gasteiger partial charge in [0.05, 0.1) is 11.5 Å². The minimum Gasteiger partial charge on any atom is -0.461 e. The van der Waals surface area contributed by atoms with Gasteiger partial charge in [0, 0.05) is 6.04 Å². The number of fused-ring (bicyclic) bond motifs is 1. The summed E-state index contributed by atoms with van der Waals surface area (Å²) in [7, 11) is 0. The monoisotopic (exact) mass is 666 g/mol. The van der Waals surface area contributed by atoms with Crippen LogP contribution in [0.4, 0.5) is 29.3 Å². The molecule has 2 aromatic rings. The molecule has 0 fully saturated rings. The van der Waals surface area contributed by atoms with Crippen LogP contribution in [0, 0.1) is 12.5 Å². The number of halogens is 3. The average Bonchev–Trinajstić information content (AvgIpc) is 2.77. The Labute approximate surface area is 165 Å². The Morgan fingerprint density at radius 2 is 1.90 bits per heavy atom. The zero-order valence-corrected chi connectivity index (χ0v) is 17.9. The molecule has 1 aliphatic rings. The third-order valence-electron chi connectivity index (χ3n) is 4.71. The molecule has 2 aromatic carbocycles. The predicted molar refractivity (Wildman–Crippen MR) is 102 cm³/mol. The SMILES string of the molecule is C[C@@H](c1ccccc1)N1C(=O)[C-](NC(N)=O)C[CH-]c2cc(N)c(C(F)(F)F)cc21.[Lr]. The molecule has 0 aliphatic carbocycles. The molecule has 0 aromatic heterocycles. The van der Waals surface area contributed by atoms with Gasteiger partial charge in [-0.25, -0.2) is 12.5 Å². The van der Waals surface area contributed by atoms with Gasteiger partial charge in [0.2, 0.25) is 0 Å². The number of benzene rings is 2. The number of anilines is 2. The topological polar surface area (TPSA) is 101 Å². The Balaban J connectivity index is 0.00000320. The van der Waals surface area contributed by atoms with Crippen molar-refractivity contribution in [2.45, 2.75) is 25.6 Å². The molecule has 3 amide bonds. The zero-order chi connectivity index (χ0) is 21.3. The van der Waals surface area contributed by atoms with Crippen LogP contribution in [0.1, 0.15) is 36.1 Å². The second kappa shape index (κ2) is 7.86. The summed E-state index contributed by atoms with van der Waals surface area (Å²) in [4.78, 5) is 25.7. The standard InChI is InChI=1S/C20H19F3N4O2.Lr/c1-11(12-5-3-2-4-6-12)27-17-10-14(20(21,22)23)15(24)9-13(17)7-8-16(18(27)28)26-19(25)29;/h2-7,9-11H,8,24H2,1H3,(H3,25,26,29);/q-2;/t11-;/m0./s1. The van der Waals surface area contributed by atoms with Crippen molar-refractivity contribution >= 4 is 23.3 Å². The van der Waals surface area contributed by atoms with E-state index in [1.165, 1.54) is 17.4 Å². The largest absolute Gasteiger partial charge is 0.461 e. The number of amides is 3. The predicted octanol–water partition coefficient (Wildman–Crippen LogP) is 3.54. The van der Waals surface area contributed by atoms with Gasteiger partial charge >= 0.3 is 6.18 Å². The minimum absolute atomic E-state index is 0. The summed E-state index contributed by atoms with van der Waals surface area (Å²) in [6.07, 6.45) is -3.17. The van der Waals surface area contributed by atoms with Crippen molar-refractivity contribution in [1.82, 2.24) is 5.32 Å². The van der Waals surface area contributed by atoms with Gasteiger partial charge in [-0.15, -0.1) is 6.07 Å². The van der Waals surface area contributed by atoms with Crippen LogP contribution in [0.2, 0.25) is 0 Å². The number of nitrogens with zero attached hydrogens (tertiary/aromatic N) is 1. The van der Waals surface area contributed by atoms with Crippen molar-refractivity contribution in [2.75, 3.05) is 10.6 Å². The van der Waals surface area contributed by atoms with Gasteiger partial charge in [-0.3, -0.25) is 4.79 Å². The maximum absolute atomic E-state index is 13.4. The van der Waals surface area contributed by atoms with Crippen LogP contribution in [0.5, 0.6) is 0 Å². The van der Waals surface area contributed by atoms with E-state index in [1.807, 2.05) is 0 Å². The Morgan fingerprint density at radius 3 is 2.47 bits per heavy atom. The van der Waals surface area contributed by atoms with Crippen LogP contribution in [0.3, 0.4) is 0 Å². The Morgan fingerprint density at radius 1 is 1.27 bits per heavy atom. The summed E-state index contributed by atoms with van der Waals surface area (Å²) in [6, 6.07) is 9.29. The first-order valence-electron chi connectivity index (χ1n) is 8.74. The van der Waals surface area contributed by atoms with Gasteiger partial charge < -0.3 is 26.5 Å². The number of hydrogen-bond acceptors (Lipinski definition) is 3. The van der Waals surface area contributed by atoms with E-state index in [9.17, 15) is 22.8 Å². The number of hydrogen-bond donors (Lipinski definition) is 3. The molecular formula is C20H19F3LrN4O2-2. The van der Waals surface area contributed by atoms with Gasteiger partial charge in [0.25, 0.3) is 6.03 Å². The smallest absolute Gasteiger partial charge is 0.416 e. The number of rotatable bonds is 3. The van der Waals surface area contributed by atoms with Crippen LogP contribution in [-0.2, 0) is 11.0 Å². The summed E-state index contributed by atoms with van der Waals surface area (Å²) in [5.41, 5.74) is 10.4. The molecule has 30 heavy (non-hydrogen) atoms. The number of alkyl halides is 3. The van der Waals surface area contributed by atoms with E-state index in [2.05, 4.69) is 5.32 Å². The van der Waals surface area contributed by atoms with Crippen molar-refractivity contribution in [3.05, 3.63) is 71.6 Å². The Hall–Kier alpha value is -4.49. The van der Waals surface area contributed by atoms with Crippen molar-refractivity contribution < 1.29 is 22.8 Å². The number of carbonyl (C=O) groups excluding carboxylic acids is 2. The zero-order valence-electron chi connectivity index (χ0n) is 15.7. The van der Waals surface area contributed by atoms with Gasteiger partial charge in [-0.1, -0.05) is 42.1 Å². The van der Waals surface area contributed by atoms with E-state index in [0.29, 0.717) is 11.1 Å². The summed E-state index contributed by atoms with van der Waals surface area (Å²) in [5.74, 6) is -0.645. The number of nitrogens with two attached hydrogens (primary N) is 2. The van der Waals surface area contributed by atoms with Crippen LogP contribution < -0.4 is 21.7 Å². The first-order valence-corrected chi connectivity index (χ1v) is 8.74. The minimum atomic E-state index is -4.69. The molecule has 10 heteroatoms. The molecule has 1 atom stereocenters. The van der Waals surface area contributed by atoms with Crippen LogP contribution in [0.25, 0.3) is 0 Å². The third kappa shape index (κ3) is 4.01. The normalized spacial score (nSPS) is 14.7. The molecule has 0 saturated carbocycles. The number of carbonyl (C=O) groups is 2. The molecule has 0 saturated heterocycles. The van der Waals surface area contributed by atoms with Crippen molar-refractivity contribution in [3.8, 4) is 0 Å². The van der Waals surface area contributed by atoms with Crippen molar-refractivity contribution in [3.63, 3.8) is 0 Å². The summed E-state index contributed by atoms with van der Waals surface area (Å²) in [6.45, 7) is 1.69. The fourth-order valence-electron chi connectivity index (χ4n) is 3.31. The summed E-state index contributed by atoms with van der Waals surface area (Å²) < 4.78 is 40.3. The van der Waals surface area contributed by atoms with E-state index >= 15 is 0 Å². The third-order valence-corrected chi connectivity index (χ3v) is 4.71. The van der Waals surface area contributed by atoms with E-state index in [1.54, 1.807) is 37.3 Å². The van der Waals surface area contributed by atoms with E-state index in [0.717, 1.165) is 6.07 Å². The maximum Gasteiger partial charge on any atom is 0.416 e. The van der Waals surface area contributed by atoms with E-state index in [-0.39, 0.29) is 18.2 Å². The van der Waals surface area contributed by atoms with Crippen molar-refractivity contribution in [1.29, 1.82) is 0 Å². The number of urea groups is 1. The van der Waals surface area contributed by atoms with Crippen LogP contribution >= 0.6 is 0 Å². The average molecular weight is 666 g/mol. The Bertz CT molecular complexity index is 938. The molecule has 3 rings (SSSR count). The first-order chi connectivity index (χ1) is 13.6. The van der Waals surface area contributed by atoms with E-state index in [4.69, 9.17) is 11.5 Å². The quantitative estimate of drug-likeness (QED) is 0.346.